The van der Waals surface area contributed by atoms with Crippen molar-refractivity contribution in [3.8, 4) is 5.75 Å². The van der Waals surface area contributed by atoms with Gasteiger partial charge in [0, 0.05) is 23.7 Å². The molecule has 0 saturated heterocycles. The van der Waals surface area contributed by atoms with E-state index in [1.165, 1.54) is 12.3 Å². The largest absolute Gasteiger partial charge is 0.514 e. The highest BCUT2D eigenvalue weighted by Crippen LogP contribution is 2.29. The Hall–Kier alpha value is -3.22. The first-order valence-corrected chi connectivity index (χ1v) is 7.34. The number of nitrogens with one attached hydrogen (secondary N) is 1. The van der Waals surface area contributed by atoms with Crippen LogP contribution in [0.25, 0.3) is 0 Å². The molecule has 122 valence electrons. The summed E-state index contributed by atoms with van der Waals surface area (Å²) < 4.78 is 9.99. The summed E-state index contributed by atoms with van der Waals surface area (Å²) in [5, 5.41) is 2.61. The van der Waals surface area contributed by atoms with E-state index in [1.807, 2.05) is 0 Å². The minimum absolute atomic E-state index is 0.136. The van der Waals surface area contributed by atoms with E-state index in [-0.39, 0.29) is 23.9 Å². The molecule has 2 heterocycles. The molecule has 1 aliphatic heterocycles. The van der Waals surface area contributed by atoms with Gasteiger partial charge in [-0.3, -0.25) is 9.59 Å². The predicted octanol–water partition coefficient (Wildman–Crippen LogP) is 2.36. The third-order valence-electron chi connectivity index (χ3n) is 3.48. The molecule has 7 heteroatoms. The summed E-state index contributed by atoms with van der Waals surface area (Å²) in [6, 6.07) is 10.0. The molecule has 1 amide bonds. The first kappa shape index (κ1) is 15.7. The quantitative estimate of drug-likeness (QED) is 0.684. The topological polar surface area (TPSA) is 94.6 Å². The van der Waals surface area contributed by atoms with Gasteiger partial charge in [-0.25, -0.2) is 9.78 Å². The number of benzene rings is 1. The lowest BCUT2D eigenvalue weighted by molar-refractivity contribution is -0.116. The van der Waals surface area contributed by atoms with Crippen molar-refractivity contribution in [1.29, 1.82) is 0 Å². The number of ketones is 1. The zero-order valence-corrected chi connectivity index (χ0v) is 12.7. The van der Waals surface area contributed by atoms with Crippen LogP contribution in [-0.4, -0.2) is 29.4 Å². The van der Waals surface area contributed by atoms with Crippen LogP contribution in [-0.2, 0) is 16.0 Å². The molecule has 0 radical (unpaired) electrons. The Morgan fingerprint density at radius 3 is 2.71 bits per heavy atom. The van der Waals surface area contributed by atoms with Gasteiger partial charge in [-0.2, -0.15) is 0 Å². The van der Waals surface area contributed by atoms with Crippen molar-refractivity contribution >= 4 is 23.7 Å². The lowest BCUT2D eigenvalue weighted by atomic mass is 10.1. The van der Waals surface area contributed by atoms with Gasteiger partial charge in [0.15, 0.2) is 12.4 Å². The molecule has 0 bridgehead atoms. The molecule has 7 nitrogen and oxygen atoms in total. The van der Waals surface area contributed by atoms with E-state index in [1.54, 1.807) is 30.3 Å². The second-order valence-corrected chi connectivity index (χ2v) is 5.11. The van der Waals surface area contributed by atoms with Crippen LogP contribution in [0.5, 0.6) is 5.75 Å². The van der Waals surface area contributed by atoms with Crippen molar-refractivity contribution < 1.29 is 23.9 Å². The third-order valence-corrected chi connectivity index (χ3v) is 3.48. The fraction of sp³-hybridized carbons (Fsp3) is 0.176. The smallest absolute Gasteiger partial charge is 0.426 e. The van der Waals surface area contributed by atoms with Gasteiger partial charge in [-0.05, 0) is 12.5 Å². The maximum absolute atomic E-state index is 11.9. The molecule has 1 N–H and O–H groups in total. The summed E-state index contributed by atoms with van der Waals surface area (Å²) >= 11 is 0. The number of nitrogens with zero attached hydrogens (tertiary/aromatic N) is 1. The van der Waals surface area contributed by atoms with E-state index in [2.05, 4.69) is 10.3 Å². The molecule has 3 rings (SSSR count). The fourth-order valence-electron chi connectivity index (χ4n) is 2.30. The molecule has 0 saturated carbocycles. The second kappa shape index (κ2) is 6.91. The summed E-state index contributed by atoms with van der Waals surface area (Å²) in [6.07, 6.45) is 1.14. The number of hydrogen-bond donors (Lipinski definition) is 1. The van der Waals surface area contributed by atoms with Crippen LogP contribution in [0.1, 0.15) is 22.3 Å². The van der Waals surface area contributed by atoms with E-state index in [0.717, 1.165) is 0 Å². The minimum atomic E-state index is -0.982. The van der Waals surface area contributed by atoms with Gasteiger partial charge in [0.1, 0.15) is 11.6 Å². The van der Waals surface area contributed by atoms with Crippen LogP contribution < -0.4 is 10.1 Å². The molecule has 1 aromatic heterocycles. The van der Waals surface area contributed by atoms with E-state index in [4.69, 9.17) is 9.47 Å². The monoisotopic (exact) mass is 326 g/mol. The highest BCUT2D eigenvalue weighted by Gasteiger charge is 2.21. The number of pyridine rings is 1. The number of amides is 1. The third kappa shape index (κ3) is 3.57. The van der Waals surface area contributed by atoms with Crippen molar-refractivity contribution in [2.45, 2.75) is 12.8 Å². The van der Waals surface area contributed by atoms with Crippen LogP contribution in [0.2, 0.25) is 0 Å². The van der Waals surface area contributed by atoms with Gasteiger partial charge in [0.05, 0.1) is 0 Å². The number of carbonyl (C=O) groups is 3. The lowest BCUT2D eigenvalue weighted by Gasteiger charge is -2.17. The zero-order chi connectivity index (χ0) is 16.9. The zero-order valence-electron chi connectivity index (χ0n) is 12.7. The Balaban J connectivity index is 1.61. The van der Waals surface area contributed by atoms with Crippen molar-refractivity contribution in [2.24, 2.45) is 0 Å². The molecular weight excluding hydrogens is 312 g/mol. The first-order valence-electron chi connectivity index (χ1n) is 7.34. The standard InChI is InChI=1S/C17H14N2O5/c20-13(11-4-2-1-3-5-11)10-23-17(22)24-14-8-9-18-16-12(14)6-7-15(21)19-16/h1-5,8-9H,6-7,10H2,(H,18,19,21). The molecule has 0 atom stereocenters. The maximum atomic E-state index is 11.9. The molecule has 0 spiro atoms. The van der Waals surface area contributed by atoms with Crippen molar-refractivity contribution in [2.75, 3.05) is 11.9 Å². The second-order valence-electron chi connectivity index (χ2n) is 5.11. The Labute approximate surface area is 137 Å². The fourth-order valence-corrected chi connectivity index (χ4v) is 2.30. The van der Waals surface area contributed by atoms with Gasteiger partial charge in [-0.15, -0.1) is 0 Å². The van der Waals surface area contributed by atoms with Crippen LogP contribution in [0, 0.1) is 0 Å². The average molecular weight is 326 g/mol. The van der Waals surface area contributed by atoms with E-state index in [0.29, 0.717) is 23.4 Å². The Bertz CT molecular complexity index is 789. The Kier molecular flexibility index (Phi) is 4.51. The molecular formula is C17H14N2O5. The predicted molar refractivity (Wildman–Crippen MR) is 83.9 cm³/mol. The lowest BCUT2D eigenvalue weighted by Crippen LogP contribution is -2.22. The number of rotatable bonds is 4. The van der Waals surface area contributed by atoms with E-state index < -0.39 is 12.8 Å². The number of hydrogen-bond acceptors (Lipinski definition) is 6. The summed E-state index contributed by atoms with van der Waals surface area (Å²) in [4.78, 5) is 39.1. The van der Waals surface area contributed by atoms with Gasteiger partial charge < -0.3 is 14.8 Å². The normalized spacial score (nSPS) is 12.8. The molecule has 1 aliphatic rings. The minimum Gasteiger partial charge on any atom is -0.426 e. The molecule has 0 aliphatic carbocycles. The molecule has 2 aromatic rings. The van der Waals surface area contributed by atoms with Crippen molar-refractivity contribution in [1.82, 2.24) is 4.98 Å². The van der Waals surface area contributed by atoms with E-state index >= 15 is 0 Å². The molecule has 1 aromatic carbocycles. The SMILES string of the molecule is O=C1CCc2c(OC(=O)OCC(=O)c3ccccc3)ccnc2N1. The van der Waals surface area contributed by atoms with Gasteiger partial charge in [-0.1, -0.05) is 30.3 Å². The van der Waals surface area contributed by atoms with Gasteiger partial charge >= 0.3 is 6.16 Å². The number of carbonyl (C=O) groups excluding carboxylic acids is 3. The number of ether oxygens (including phenoxy) is 2. The van der Waals surface area contributed by atoms with Gasteiger partial charge in [0.25, 0.3) is 0 Å². The Morgan fingerprint density at radius 2 is 1.92 bits per heavy atom. The molecule has 0 unspecified atom stereocenters. The average Bonchev–Trinajstić information content (AvgIpc) is 2.60. The number of Topliss-reactive ketones (excluding diaryl/α,β-unsaturated/α-hetero) is 1. The number of anilines is 1. The van der Waals surface area contributed by atoms with Crippen molar-refractivity contribution in [3.63, 3.8) is 0 Å². The van der Waals surface area contributed by atoms with E-state index in [9.17, 15) is 14.4 Å². The number of fused-ring (bicyclic) bond motifs is 1. The van der Waals surface area contributed by atoms with Crippen molar-refractivity contribution in [3.05, 3.63) is 53.7 Å². The summed E-state index contributed by atoms with van der Waals surface area (Å²) in [6.45, 7) is -0.410. The highest BCUT2D eigenvalue weighted by atomic mass is 16.7. The molecule has 24 heavy (non-hydrogen) atoms. The summed E-state index contributed by atoms with van der Waals surface area (Å²) in [5.41, 5.74) is 1.08. The van der Waals surface area contributed by atoms with Crippen LogP contribution >= 0.6 is 0 Å². The number of aromatic nitrogens is 1. The van der Waals surface area contributed by atoms with Crippen LogP contribution in [0.4, 0.5) is 10.6 Å². The summed E-state index contributed by atoms with van der Waals surface area (Å²) in [7, 11) is 0. The Morgan fingerprint density at radius 1 is 1.12 bits per heavy atom. The van der Waals surface area contributed by atoms with Crippen LogP contribution in [0.15, 0.2) is 42.6 Å². The van der Waals surface area contributed by atoms with Gasteiger partial charge in [0.2, 0.25) is 5.91 Å². The molecule has 0 fully saturated rings. The van der Waals surface area contributed by atoms with Crippen LogP contribution in [0.3, 0.4) is 0 Å². The summed E-state index contributed by atoms with van der Waals surface area (Å²) in [5.74, 6) is 0.175. The highest BCUT2D eigenvalue weighted by molar-refractivity contribution is 5.97. The maximum Gasteiger partial charge on any atom is 0.514 e. The first-order chi connectivity index (χ1) is 11.6.